The van der Waals surface area contributed by atoms with Crippen LogP contribution in [0.5, 0.6) is 5.75 Å². The summed E-state index contributed by atoms with van der Waals surface area (Å²) in [7, 11) is -3.62. The first-order valence-corrected chi connectivity index (χ1v) is 12.0. The Hall–Kier alpha value is -3.24. The summed E-state index contributed by atoms with van der Waals surface area (Å²) >= 11 is 0. The number of esters is 1. The molecule has 0 fully saturated rings. The molecule has 0 unspecified atom stereocenters. The Morgan fingerprint density at radius 3 is 2.00 bits per heavy atom. The summed E-state index contributed by atoms with van der Waals surface area (Å²) in [5, 5.41) is 2.39. The Balaban J connectivity index is 1.85. The lowest BCUT2D eigenvalue weighted by Crippen LogP contribution is -2.32. The molecular formula is C23H28N2O7S. The summed E-state index contributed by atoms with van der Waals surface area (Å²) in [5.74, 6) is -1.10. The molecule has 0 atom stereocenters. The van der Waals surface area contributed by atoms with Gasteiger partial charge in [0.1, 0.15) is 12.3 Å². The molecule has 0 aliphatic heterocycles. The molecule has 0 bridgehead atoms. The standard InChI is InChI=1S/C23H28N2O7S/c1-4-25(5-2)33(29,30)20-13-9-18(10-14-20)23(28)24-15-22(27)32-16-21(26)17-7-11-19(12-8-17)31-6-3/h7-14H,4-6,15-16H2,1-3H3,(H,24,28). The minimum Gasteiger partial charge on any atom is -0.494 e. The largest absolute Gasteiger partial charge is 0.494 e. The molecule has 2 aromatic rings. The fourth-order valence-electron chi connectivity index (χ4n) is 2.93. The first-order chi connectivity index (χ1) is 15.7. The van der Waals surface area contributed by atoms with Crippen LogP contribution in [0.4, 0.5) is 0 Å². The number of nitrogens with one attached hydrogen (secondary N) is 1. The van der Waals surface area contributed by atoms with Crippen LogP contribution in [0.15, 0.2) is 53.4 Å². The lowest BCUT2D eigenvalue weighted by atomic mass is 10.1. The van der Waals surface area contributed by atoms with Crippen molar-refractivity contribution >= 4 is 27.7 Å². The average molecular weight is 477 g/mol. The number of benzene rings is 2. The lowest BCUT2D eigenvalue weighted by Gasteiger charge is -2.18. The van der Waals surface area contributed by atoms with Gasteiger partial charge in [-0.25, -0.2) is 8.42 Å². The monoisotopic (exact) mass is 476 g/mol. The molecule has 1 amide bonds. The molecule has 0 aromatic heterocycles. The summed E-state index contributed by atoms with van der Waals surface area (Å²) in [6.45, 7) is 5.63. The second kappa shape index (κ2) is 12.1. The van der Waals surface area contributed by atoms with Gasteiger partial charge in [-0.2, -0.15) is 4.31 Å². The third-order valence-electron chi connectivity index (χ3n) is 4.70. The fourth-order valence-corrected chi connectivity index (χ4v) is 4.39. The highest BCUT2D eigenvalue weighted by Gasteiger charge is 2.21. The first-order valence-electron chi connectivity index (χ1n) is 10.5. The van der Waals surface area contributed by atoms with Crippen LogP contribution in [-0.4, -0.2) is 63.2 Å². The van der Waals surface area contributed by atoms with Gasteiger partial charge < -0.3 is 14.8 Å². The van der Waals surface area contributed by atoms with E-state index in [-0.39, 0.29) is 16.2 Å². The van der Waals surface area contributed by atoms with E-state index in [0.29, 0.717) is 31.0 Å². The number of Topliss-reactive ketones (excluding diaryl/α,β-unsaturated/α-hetero) is 1. The van der Waals surface area contributed by atoms with E-state index in [4.69, 9.17) is 9.47 Å². The molecule has 178 valence electrons. The number of carbonyl (C=O) groups is 3. The SMILES string of the molecule is CCOc1ccc(C(=O)COC(=O)CNC(=O)c2ccc(S(=O)(=O)N(CC)CC)cc2)cc1. The molecule has 0 saturated heterocycles. The van der Waals surface area contributed by atoms with E-state index >= 15 is 0 Å². The third-order valence-corrected chi connectivity index (χ3v) is 6.77. The molecule has 2 rings (SSSR count). The topological polar surface area (TPSA) is 119 Å². The van der Waals surface area contributed by atoms with Gasteiger partial charge in [0, 0.05) is 24.2 Å². The van der Waals surface area contributed by atoms with Crippen molar-refractivity contribution in [1.82, 2.24) is 9.62 Å². The number of nitrogens with zero attached hydrogens (tertiary/aromatic N) is 1. The Labute approximate surface area is 193 Å². The van der Waals surface area contributed by atoms with Crippen molar-refractivity contribution in [3.8, 4) is 5.75 Å². The van der Waals surface area contributed by atoms with Crippen molar-refractivity contribution < 1.29 is 32.3 Å². The van der Waals surface area contributed by atoms with Gasteiger partial charge in [-0.05, 0) is 55.5 Å². The molecule has 0 aliphatic carbocycles. The number of carbonyl (C=O) groups excluding carboxylic acids is 3. The van der Waals surface area contributed by atoms with Crippen LogP contribution in [0.1, 0.15) is 41.5 Å². The Morgan fingerprint density at radius 1 is 0.879 bits per heavy atom. The van der Waals surface area contributed by atoms with Crippen molar-refractivity contribution in [2.75, 3.05) is 32.8 Å². The predicted octanol–water partition coefficient (Wildman–Crippen LogP) is 2.27. The van der Waals surface area contributed by atoms with Gasteiger partial charge in [-0.15, -0.1) is 0 Å². The average Bonchev–Trinajstić information content (AvgIpc) is 2.82. The van der Waals surface area contributed by atoms with Gasteiger partial charge in [-0.1, -0.05) is 13.8 Å². The summed E-state index contributed by atoms with van der Waals surface area (Å²) in [5.41, 5.74) is 0.557. The van der Waals surface area contributed by atoms with Crippen molar-refractivity contribution in [3.05, 3.63) is 59.7 Å². The minimum atomic E-state index is -3.62. The van der Waals surface area contributed by atoms with E-state index in [1.165, 1.54) is 28.6 Å². The lowest BCUT2D eigenvalue weighted by molar-refractivity contribution is -0.141. The van der Waals surface area contributed by atoms with Crippen molar-refractivity contribution in [3.63, 3.8) is 0 Å². The van der Waals surface area contributed by atoms with Gasteiger partial charge in [0.15, 0.2) is 12.4 Å². The van der Waals surface area contributed by atoms with Crippen LogP contribution >= 0.6 is 0 Å². The van der Waals surface area contributed by atoms with Crippen molar-refractivity contribution in [2.45, 2.75) is 25.7 Å². The Bertz CT molecular complexity index is 1060. The van der Waals surface area contributed by atoms with Crippen LogP contribution in [0, 0.1) is 0 Å². The smallest absolute Gasteiger partial charge is 0.325 e. The van der Waals surface area contributed by atoms with Gasteiger partial charge in [0.05, 0.1) is 11.5 Å². The molecule has 0 heterocycles. The number of ketones is 1. The quantitative estimate of drug-likeness (QED) is 0.369. The van der Waals surface area contributed by atoms with Gasteiger partial charge in [0.25, 0.3) is 5.91 Å². The number of amides is 1. The molecule has 0 spiro atoms. The first kappa shape index (κ1) is 26.0. The van der Waals surface area contributed by atoms with E-state index < -0.39 is 35.1 Å². The molecule has 1 N–H and O–H groups in total. The molecule has 2 aromatic carbocycles. The molecule has 0 saturated carbocycles. The molecule has 10 heteroatoms. The molecular weight excluding hydrogens is 448 g/mol. The highest BCUT2D eigenvalue weighted by atomic mass is 32.2. The van der Waals surface area contributed by atoms with E-state index in [2.05, 4.69) is 5.32 Å². The van der Waals surface area contributed by atoms with Gasteiger partial charge in [0.2, 0.25) is 10.0 Å². The summed E-state index contributed by atoms with van der Waals surface area (Å²) in [6.07, 6.45) is 0. The number of ether oxygens (including phenoxy) is 2. The van der Waals surface area contributed by atoms with Crippen molar-refractivity contribution in [2.24, 2.45) is 0 Å². The van der Waals surface area contributed by atoms with E-state index in [1.54, 1.807) is 38.1 Å². The number of hydrogen-bond donors (Lipinski definition) is 1. The molecule has 9 nitrogen and oxygen atoms in total. The van der Waals surface area contributed by atoms with Crippen LogP contribution in [0.25, 0.3) is 0 Å². The zero-order valence-electron chi connectivity index (χ0n) is 18.9. The maximum atomic E-state index is 12.5. The van der Waals surface area contributed by atoms with E-state index in [9.17, 15) is 22.8 Å². The maximum absolute atomic E-state index is 12.5. The minimum absolute atomic E-state index is 0.0787. The summed E-state index contributed by atoms with van der Waals surface area (Å²) < 4.78 is 36.5. The summed E-state index contributed by atoms with van der Waals surface area (Å²) in [4.78, 5) is 36.3. The highest BCUT2D eigenvalue weighted by molar-refractivity contribution is 7.89. The zero-order valence-corrected chi connectivity index (χ0v) is 19.7. The van der Waals surface area contributed by atoms with Gasteiger partial charge >= 0.3 is 5.97 Å². The zero-order chi connectivity index (χ0) is 24.4. The Kier molecular flexibility index (Phi) is 9.56. The fraction of sp³-hybridized carbons (Fsp3) is 0.348. The molecule has 33 heavy (non-hydrogen) atoms. The number of rotatable bonds is 12. The van der Waals surface area contributed by atoms with Crippen LogP contribution in [0.3, 0.4) is 0 Å². The Morgan fingerprint density at radius 2 is 1.45 bits per heavy atom. The maximum Gasteiger partial charge on any atom is 0.325 e. The van der Waals surface area contributed by atoms with Gasteiger partial charge in [-0.3, -0.25) is 14.4 Å². The number of sulfonamides is 1. The van der Waals surface area contributed by atoms with E-state index in [0.717, 1.165) is 0 Å². The predicted molar refractivity (Wildman–Crippen MR) is 122 cm³/mol. The summed E-state index contributed by atoms with van der Waals surface area (Å²) in [6, 6.07) is 11.9. The molecule has 0 aliphatic rings. The van der Waals surface area contributed by atoms with Crippen LogP contribution < -0.4 is 10.1 Å². The van der Waals surface area contributed by atoms with Crippen LogP contribution in [0.2, 0.25) is 0 Å². The van der Waals surface area contributed by atoms with Crippen molar-refractivity contribution in [1.29, 1.82) is 0 Å². The van der Waals surface area contributed by atoms with E-state index in [1.807, 2.05) is 6.92 Å². The third kappa shape index (κ3) is 7.13. The van der Waals surface area contributed by atoms with Crippen LogP contribution in [-0.2, 0) is 19.6 Å². The highest BCUT2D eigenvalue weighted by Crippen LogP contribution is 2.16. The number of hydrogen-bond acceptors (Lipinski definition) is 7. The second-order valence-corrected chi connectivity index (χ2v) is 8.78. The normalized spacial score (nSPS) is 11.2. The second-order valence-electron chi connectivity index (χ2n) is 6.84. The molecule has 0 radical (unpaired) electrons.